The van der Waals surface area contributed by atoms with Crippen LogP contribution >= 0.6 is 90.7 Å². The third kappa shape index (κ3) is 8.98. The van der Waals surface area contributed by atoms with Crippen LogP contribution in [0.15, 0.2) is 204 Å². The van der Waals surface area contributed by atoms with E-state index in [-0.39, 0.29) is 0 Å². The van der Waals surface area contributed by atoms with Crippen LogP contribution in [0.2, 0.25) is 0 Å². The second kappa shape index (κ2) is 16.6. The first kappa shape index (κ1) is 32.7. The van der Waals surface area contributed by atoms with E-state index in [2.05, 4.69) is 190 Å². The highest BCUT2D eigenvalue weighted by Crippen LogP contribution is 2.57. The Kier molecular flexibility index (Phi) is 12.0. The average molecular weight is 803 g/mol. The highest BCUT2D eigenvalue weighted by molar-refractivity contribution is 9.28. The minimum absolute atomic E-state index is 0.898. The van der Waals surface area contributed by atoms with Crippen molar-refractivity contribution < 1.29 is 0 Å². The van der Waals surface area contributed by atoms with Crippen LogP contribution < -0.4 is 0 Å². The lowest BCUT2D eigenvalue weighted by Crippen LogP contribution is -1.98. The van der Waals surface area contributed by atoms with Gasteiger partial charge in [-0.3, -0.25) is 0 Å². The Morgan fingerprint density at radius 2 is 0.556 bits per heavy atom. The van der Waals surface area contributed by atoms with Crippen LogP contribution in [0.5, 0.6) is 0 Å². The molecule has 6 aromatic carbocycles. The molecule has 0 saturated heterocycles. The summed E-state index contributed by atoms with van der Waals surface area (Å²) in [7, 11) is 0. The first-order valence-electron chi connectivity index (χ1n) is 14.0. The molecular formula is C38H26Br2S5. The van der Waals surface area contributed by atoms with E-state index in [1.54, 1.807) is 0 Å². The first-order chi connectivity index (χ1) is 22.1. The van der Waals surface area contributed by atoms with Crippen LogP contribution in [0.1, 0.15) is 5.56 Å². The molecule has 0 bridgehead atoms. The van der Waals surface area contributed by atoms with Gasteiger partial charge >= 0.3 is 0 Å². The molecule has 0 aromatic heterocycles. The van der Waals surface area contributed by atoms with Gasteiger partial charge in [-0.2, -0.15) is 0 Å². The fourth-order valence-electron chi connectivity index (χ4n) is 4.41. The third-order valence-electron chi connectivity index (χ3n) is 6.38. The van der Waals surface area contributed by atoms with E-state index in [4.69, 9.17) is 0 Å². The predicted octanol–water partition coefficient (Wildman–Crippen LogP) is 14.5. The van der Waals surface area contributed by atoms with Gasteiger partial charge in [-0.25, -0.2) is 0 Å². The Hall–Kier alpha value is -2.23. The number of halogens is 2. The van der Waals surface area contributed by atoms with Crippen molar-refractivity contribution in [3.8, 4) is 0 Å². The standard InChI is InChI=1S/C38H26Br2S5/c39-33(40)26-32-34(41-27-16-6-1-7-17-27)36(43-29-20-10-3-11-21-29)38(45-31-24-14-5-15-25-31)37(44-30-22-12-4-13-23-30)35(32)42-28-18-8-2-9-19-28/h1-26H. The van der Waals surface area contributed by atoms with Gasteiger partial charge in [0.15, 0.2) is 0 Å². The Morgan fingerprint density at radius 3 is 0.800 bits per heavy atom. The van der Waals surface area contributed by atoms with Gasteiger partial charge in [-0.05, 0) is 98.6 Å². The minimum atomic E-state index is 0.898. The van der Waals surface area contributed by atoms with Crippen molar-refractivity contribution in [2.24, 2.45) is 0 Å². The molecular weight excluding hydrogens is 777 g/mol. The van der Waals surface area contributed by atoms with Gasteiger partial charge in [0.1, 0.15) is 0 Å². The van der Waals surface area contributed by atoms with E-state index in [0.717, 1.165) is 3.39 Å². The maximum Gasteiger partial charge on any atom is 0.0610 e. The summed E-state index contributed by atoms with van der Waals surface area (Å²) in [6.45, 7) is 0. The molecule has 0 saturated carbocycles. The quantitative estimate of drug-likeness (QED) is 0.128. The zero-order valence-electron chi connectivity index (χ0n) is 23.8. The molecule has 222 valence electrons. The van der Waals surface area contributed by atoms with Crippen molar-refractivity contribution in [3.05, 3.63) is 161 Å². The molecule has 0 radical (unpaired) electrons. The molecule has 0 heterocycles. The molecule has 0 nitrogen and oxygen atoms in total. The van der Waals surface area contributed by atoms with E-state index < -0.39 is 0 Å². The topological polar surface area (TPSA) is 0 Å². The van der Waals surface area contributed by atoms with E-state index in [0.29, 0.717) is 0 Å². The summed E-state index contributed by atoms with van der Waals surface area (Å²) >= 11 is 16.7. The molecule has 0 aliphatic rings. The molecule has 0 amide bonds. The highest BCUT2D eigenvalue weighted by Gasteiger charge is 2.27. The van der Waals surface area contributed by atoms with E-state index in [9.17, 15) is 0 Å². The molecule has 0 aliphatic carbocycles. The summed E-state index contributed by atoms with van der Waals surface area (Å²) in [5, 5.41) is 0. The number of hydrogen-bond donors (Lipinski definition) is 0. The molecule has 6 aromatic rings. The van der Waals surface area contributed by atoms with Gasteiger partial charge < -0.3 is 0 Å². The zero-order valence-corrected chi connectivity index (χ0v) is 31.1. The summed E-state index contributed by atoms with van der Waals surface area (Å²) in [4.78, 5) is 12.2. The van der Waals surface area contributed by atoms with Crippen molar-refractivity contribution in [1.29, 1.82) is 0 Å². The fraction of sp³-hybridized carbons (Fsp3) is 0. The number of hydrogen-bond acceptors (Lipinski definition) is 5. The number of benzene rings is 6. The van der Waals surface area contributed by atoms with Gasteiger partial charge in [0.05, 0.1) is 3.39 Å². The summed E-state index contributed by atoms with van der Waals surface area (Å²) < 4.78 is 0.898. The average Bonchev–Trinajstić information content (AvgIpc) is 3.08. The monoisotopic (exact) mass is 800 g/mol. The summed E-state index contributed by atoms with van der Waals surface area (Å²) in [5.41, 5.74) is 1.18. The van der Waals surface area contributed by atoms with E-state index in [1.807, 2.05) is 58.8 Å². The van der Waals surface area contributed by atoms with Gasteiger partial charge in [0.25, 0.3) is 0 Å². The largest absolute Gasteiger partial charge is 0.0882 e. The molecule has 0 atom stereocenters. The maximum atomic E-state index is 3.75. The second-order valence-corrected chi connectivity index (χ2v) is 17.8. The molecule has 0 N–H and O–H groups in total. The molecule has 0 fully saturated rings. The van der Waals surface area contributed by atoms with Crippen LogP contribution in [0.3, 0.4) is 0 Å². The van der Waals surface area contributed by atoms with Crippen LogP contribution in [-0.4, -0.2) is 0 Å². The third-order valence-corrected chi connectivity index (χ3v) is 13.0. The summed E-state index contributed by atoms with van der Waals surface area (Å²) in [6, 6.07) is 53.5. The zero-order chi connectivity index (χ0) is 30.8. The number of rotatable bonds is 11. The van der Waals surface area contributed by atoms with Gasteiger partial charge in [0.2, 0.25) is 0 Å². The van der Waals surface area contributed by atoms with Crippen molar-refractivity contribution in [2.45, 2.75) is 49.0 Å². The summed E-state index contributed by atoms with van der Waals surface area (Å²) in [6.07, 6.45) is 2.22. The summed E-state index contributed by atoms with van der Waals surface area (Å²) in [5.74, 6) is 0. The molecule has 0 unspecified atom stereocenters. The van der Waals surface area contributed by atoms with Crippen molar-refractivity contribution in [3.63, 3.8) is 0 Å². The molecule has 6 rings (SSSR count). The SMILES string of the molecule is BrC(Br)=Cc1c(Sc2ccccc2)c(Sc2ccccc2)c(Sc2ccccc2)c(Sc2ccccc2)c1Sc1ccccc1. The predicted molar refractivity (Wildman–Crippen MR) is 205 cm³/mol. The second-order valence-electron chi connectivity index (χ2n) is 9.57. The van der Waals surface area contributed by atoms with E-state index >= 15 is 0 Å². The normalized spacial score (nSPS) is 10.9. The Balaban J connectivity index is 1.70. The van der Waals surface area contributed by atoms with Gasteiger partial charge in [-0.1, -0.05) is 150 Å². The Bertz CT molecular complexity index is 1750. The lowest BCUT2D eigenvalue weighted by atomic mass is 10.2. The van der Waals surface area contributed by atoms with Crippen LogP contribution in [0, 0.1) is 0 Å². The van der Waals surface area contributed by atoms with Gasteiger partial charge in [0, 0.05) is 54.5 Å². The smallest absolute Gasteiger partial charge is 0.0610 e. The van der Waals surface area contributed by atoms with Crippen LogP contribution in [-0.2, 0) is 0 Å². The van der Waals surface area contributed by atoms with Gasteiger partial charge in [-0.15, -0.1) is 0 Å². The highest BCUT2D eigenvalue weighted by atomic mass is 79.9. The van der Waals surface area contributed by atoms with Crippen LogP contribution in [0.25, 0.3) is 6.08 Å². The Labute approximate surface area is 303 Å². The minimum Gasteiger partial charge on any atom is -0.0882 e. The van der Waals surface area contributed by atoms with Crippen molar-refractivity contribution in [2.75, 3.05) is 0 Å². The lowest BCUT2D eigenvalue weighted by molar-refractivity contribution is 0.946. The van der Waals surface area contributed by atoms with Crippen molar-refractivity contribution in [1.82, 2.24) is 0 Å². The first-order valence-corrected chi connectivity index (χ1v) is 19.7. The fourth-order valence-corrected chi connectivity index (χ4v) is 10.9. The molecule has 0 spiro atoms. The molecule has 0 aliphatic heterocycles. The molecule has 7 heteroatoms. The van der Waals surface area contributed by atoms with E-state index in [1.165, 1.54) is 54.5 Å². The van der Waals surface area contributed by atoms with Crippen molar-refractivity contribution >= 4 is 96.7 Å². The lowest BCUT2D eigenvalue weighted by Gasteiger charge is -2.25. The maximum absolute atomic E-state index is 3.75. The Morgan fingerprint density at radius 1 is 0.333 bits per heavy atom. The van der Waals surface area contributed by atoms with Crippen LogP contribution in [0.4, 0.5) is 0 Å². The molecule has 45 heavy (non-hydrogen) atoms.